The van der Waals surface area contributed by atoms with Crippen molar-refractivity contribution >= 4 is 14.0 Å². The van der Waals surface area contributed by atoms with Crippen molar-refractivity contribution in [3.63, 3.8) is 0 Å². The smallest absolute Gasteiger partial charge is 0.224 e. The average Bonchev–Trinajstić information content (AvgIpc) is 3.25. The third-order valence-corrected chi connectivity index (χ3v) is 12.6. The van der Waals surface area contributed by atoms with Crippen molar-refractivity contribution in [2.45, 2.75) is 96.1 Å². The van der Waals surface area contributed by atoms with Gasteiger partial charge in [0.05, 0.1) is 6.10 Å². The molecule has 29 heavy (non-hydrogen) atoms. The Labute approximate surface area is 173 Å². The lowest BCUT2D eigenvalue weighted by atomic mass is 10.1. The van der Waals surface area contributed by atoms with E-state index in [9.17, 15) is 9.90 Å². The Kier molecular flexibility index (Phi) is 6.38. The van der Waals surface area contributed by atoms with E-state index in [-0.39, 0.29) is 11.5 Å². The standard InChI is InChI=1S/C21H35N3O4Si/c1-8-17-18(26)19(28-29(13(2)3,14(4)5)15(6)7)21(27-17)24-11-9-16(25)20-22-10-12-23(20)24/h9-15,17-19,21,26H,8H2,1-7H3/t17-,18-,19-,21-/m1/s1. The lowest BCUT2D eigenvalue weighted by Gasteiger charge is -2.45. The first kappa shape index (κ1) is 22.2. The van der Waals surface area contributed by atoms with Gasteiger partial charge in [-0.15, -0.1) is 0 Å². The van der Waals surface area contributed by atoms with Crippen LogP contribution in [0.2, 0.25) is 16.6 Å². The normalized spacial score (nSPS) is 25.8. The SMILES string of the molecule is CC[C@H]1O[C@@H](n2ccc(=O)c3nccn32)[C@H](O[Si](C(C)C)(C(C)C)C(C)C)[C@@H]1O. The maximum absolute atomic E-state index is 12.2. The number of hydrogen-bond acceptors (Lipinski definition) is 5. The third-order valence-electron chi connectivity index (χ3n) is 6.49. The Bertz CT molecular complexity index is 870. The lowest BCUT2D eigenvalue weighted by Crippen LogP contribution is -2.53. The summed E-state index contributed by atoms with van der Waals surface area (Å²) in [5.41, 5.74) is 1.35. The van der Waals surface area contributed by atoms with E-state index < -0.39 is 26.8 Å². The van der Waals surface area contributed by atoms with Gasteiger partial charge in [0, 0.05) is 24.7 Å². The van der Waals surface area contributed by atoms with Crippen LogP contribution in [0.3, 0.4) is 0 Å². The van der Waals surface area contributed by atoms with Gasteiger partial charge in [-0.2, -0.15) is 0 Å². The van der Waals surface area contributed by atoms with Crippen molar-refractivity contribution in [1.29, 1.82) is 0 Å². The molecule has 1 aliphatic heterocycles. The maximum Gasteiger partial charge on any atom is 0.224 e. The van der Waals surface area contributed by atoms with E-state index in [1.165, 1.54) is 6.07 Å². The predicted molar refractivity (Wildman–Crippen MR) is 116 cm³/mol. The van der Waals surface area contributed by atoms with Gasteiger partial charge < -0.3 is 14.3 Å². The average molecular weight is 422 g/mol. The van der Waals surface area contributed by atoms with E-state index in [2.05, 4.69) is 46.5 Å². The van der Waals surface area contributed by atoms with E-state index in [0.717, 1.165) is 0 Å². The highest BCUT2D eigenvalue weighted by atomic mass is 28.4. The van der Waals surface area contributed by atoms with Gasteiger partial charge >= 0.3 is 0 Å². The number of nitrogens with zero attached hydrogens (tertiary/aromatic N) is 3. The van der Waals surface area contributed by atoms with Crippen molar-refractivity contribution in [3.05, 3.63) is 34.9 Å². The van der Waals surface area contributed by atoms with Crippen molar-refractivity contribution in [3.8, 4) is 0 Å². The molecule has 1 aliphatic rings. The monoisotopic (exact) mass is 421 g/mol. The van der Waals surface area contributed by atoms with Crippen LogP contribution in [0.5, 0.6) is 0 Å². The van der Waals surface area contributed by atoms with Crippen LogP contribution in [0, 0.1) is 0 Å². The second kappa shape index (κ2) is 8.33. The minimum atomic E-state index is -2.25. The molecule has 1 fully saturated rings. The summed E-state index contributed by atoms with van der Waals surface area (Å²) < 4.78 is 16.8. The van der Waals surface area contributed by atoms with Crippen LogP contribution >= 0.6 is 0 Å². The molecule has 3 heterocycles. The van der Waals surface area contributed by atoms with E-state index in [1.54, 1.807) is 23.1 Å². The van der Waals surface area contributed by atoms with Gasteiger partial charge in [-0.3, -0.25) is 9.48 Å². The summed E-state index contributed by atoms with van der Waals surface area (Å²) in [6, 6.07) is 1.49. The first-order valence-electron chi connectivity index (χ1n) is 10.7. The quantitative estimate of drug-likeness (QED) is 0.689. The van der Waals surface area contributed by atoms with Gasteiger partial charge in [-0.05, 0) is 23.0 Å². The second-order valence-electron chi connectivity index (χ2n) is 9.02. The van der Waals surface area contributed by atoms with Gasteiger partial charge in [-0.1, -0.05) is 48.5 Å². The zero-order valence-corrected chi connectivity index (χ0v) is 19.6. The number of aromatic nitrogens is 3. The molecule has 0 bridgehead atoms. The number of imidazole rings is 1. The van der Waals surface area contributed by atoms with Gasteiger partial charge in [0.15, 0.2) is 11.9 Å². The van der Waals surface area contributed by atoms with E-state index in [1.807, 2.05) is 11.6 Å². The van der Waals surface area contributed by atoms with Gasteiger partial charge in [0.25, 0.3) is 0 Å². The minimum Gasteiger partial charge on any atom is -0.406 e. The summed E-state index contributed by atoms with van der Waals surface area (Å²) in [5.74, 6) is 0. The predicted octanol–water partition coefficient (Wildman–Crippen LogP) is 3.73. The molecule has 1 N–H and O–H groups in total. The van der Waals surface area contributed by atoms with Gasteiger partial charge in [0.1, 0.15) is 12.2 Å². The molecule has 0 amide bonds. The molecular weight excluding hydrogens is 386 g/mol. The number of fused-ring (bicyclic) bond motifs is 1. The summed E-state index contributed by atoms with van der Waals surface area (Å²) >= 11 is 0. The van der Waals surface area contributed by atoms with Crippen molar-refractivity contribution in [2.24, 2.45) is 0 Å². The lowest BCUT2D eigenvalue weighted by molar-refractivity contribution is -0.0453. The molecule has 0 spiro atoms. The molecule has 0 unspecified atom stereocenters. The van der Waals surface area contributed by atoms with Crippen LogP contribution in [0.15, 0.2) is 29.5 Å². The van der Waals surface area contributed by atoms with Crippen molar-refractivity contribution < 1.29 is 14.3 Å². The Balaban J connectivity index is 2.10. The topological polar surface area (TPSA) is 78.0 Å². The Hall–Kier alpha value is -1.48. The first-order chi connectivity index (χ1) is 13.6. The highest BCUT2D eigenvalue weighted by Crippen LogP contribution is 2.46. The number of aliphatic hydroxyl groups is 1. The van der Waals surface area contributed by atoms with Crippen LogP contribution in [-0.4, -0.2) is 45.9 Å². The number of aliphatic hydroxyl groups excluding tert-OH is 1. The van der Waals surface area contributed by atoms with Crippen molar-refractivity contribution in [1.82, 2.24) is 14.2 Å². The summed E-state index contributed by atoms with van der Waals surface area (Å²) in [6.45, 7) is 15.4. The minimum absolute atomic E-state index is 0.149. The van der Waals surface area contributed by atoms with E-state index in [0.29, 0.717) is 28.7 Å². The molecule has 0 saturated carbocycles. The highest BCUT2D eigenvalue weighted by molar-refractivity contribution is 6.77. The molecule has 4 atom stereocenters. The zero-order valence-electron chi connectivity index (χ0n) is 18.6. The Morgan fingerprint density at radius 3 is 2.34 bits per heavy atom. The molecule has 0 aromatic carbocycles. The molecule has 2 aromatic rings. The second-order valence-corrected chi connectivity index (χ2v) is 14.4. The highest BCUT2D eigenvalue weighted by Gasteiger charge is 2.53. The molecule has 8 heteroatoms. The fourth-order valence-electron chi connectivity index (χ4n) is 5.20. The maximum atomic E-state index is 12.2. The van der Waals surface area contributed by atoms with Crippen LogP contribution < -0.4 is 5.43 Å². The summed E-state index contributed by atoms with van der Waals surface area (Å²) in [7, 11) is -2.25. The first-order valence-corrected chi connectivity index (χ1v) is 12.8. The van der Waals surface area contributed by atoms with Crippen LogP contribution in [0.1, 0.15) is 61.1 Å². The Morgan fingerprint density at radius 2 is 1.79 bits per heavy atom. The van der Waals surface area contributed by atoms with Crippen molar-refractivity contribution in [2.75, 3.05) is 0 Å². The van der Waals surface area contributed by atoms with Crippen LogP contribution in [0.25, 0.3) is 5.65 Å². The molecule has 0 radical (unpaired) electrons. The largest absolute Gasteiger partial charge is 0.406 e. The molecule has 3 rings (SSSR count). The summed E-state index contributed by atoms with van der Waals surface area (Å²) in [6.07, 6.45) is 3.63. The van der Waals surface area contributed by atoms with E-state index in [4.69, 9.17) is 9.16 Å². The zero-order chi connectivity index (χ0) is 21.5. The summed E-state index contributed by atoms with van der Waals surface area (Å²) in [5, 5.41) is 11.1. The summed E-state index contributed by atoms with van der Waals surface area (Å²) in [4.78, 5) is 16.3. The van der Waals surface area contributed by atoms with Crippen LogP contribution in [0.4, 0.5) is 0 Å². The van der Waals surface area contributed by atoms with Gasteiger partial charge in [-0.25, -0.2) is 9.50 Å². The molecule has 0 aliphatic carbocycles. The van der Waals surface area contributed by atoms with Gasteiger partial charge in [0.2, 0.25) is 13.7 Å². The van der Waals surface area contributed by atoms with E-state index >= 15 is 0 Å². The fourth-order valence-corrected chi connectivity index (χ4v) is 10.7. The number of ether oxygens (including phenoxy) is 1. The molecule has 7 nitrogen and oxygen atoms in total. The van der Waals surface area contributed by atoms with Crippen LogP contribution in [-0.2, 0) is 9.16 Å². The number of rotatable bonds is 7. The molecule has 2 aromatic heterocycles. The molecule has 162 valence electrons. The molecular formula is C21H35N3O4Si. The number of hydrogen-bond donors (Lipinski definition) is 1. The fraction of sp³-hybridized carbons (Fsp3) is 0.714. The third kappa shape index (κ3) is 3.60. The Morgan fingerprint density at radius 1 is 1.17 bits per heavy atom. The molecule has 1 saturated heterocycles.